The van der Waals surface area contributed by atoms with E-state index >= 15 is 0 Å². The summed E-state index contributed by atoms with van der Waals surface area (Å²) in [5.74, 6) is -0.688. The zero-order valence-corrected chi connectivity index (χ0v) is 12.7. The van der Waals surface area contributed by atoms with E-state index in [1.54, 1.807) is 35.1 Å². The largest absolute Gasteiger partial charge is 0.391 e. The number of carbonyl (C=O) groups excluding carboxylic acids is 1. The minimum absolute atomic E-state index is 0.184. The van der Waals surface area contributed by atoms with Crippen molar-refractivity contribution in [1.82, 2.24) is 19.3 Å². The summed E-state index contributed by atoms with van der Waals surface area (Å²) >= 11 is 0. The van der Waals surface area contributed by atoms with Crippen molar-refractivity contribution in [2.75, 3.05) is 6.54 Å². The molecule has 3 heterocycles. The first-order chi connectivity index (χ1) is 11.6. The molecular weight excluding hydrogens is 311 g/mol. The number of halogens is 1. The molecule has 2 atom stereocenters. The molecule has 0 saturated carbocycles. The van der Waals surface area contributed by atoms with Crippen LogP contribution in [0.15, 0.2) is 49.1 Å². The first-order valence-corrected chi connectivity index (χ1v) is 7.65. The Kier molecular flexibility index (Phi) is 3.50. The fourth-order valence-electron chi connectivity index (χ4n) is 3.21. The Balaban J connectivity index is 1.73. The number of likely N-dealkylation sites (tertiary alicyclic amines) is 1. The molecule has 1 saturated heterocycles. The van der Waals surface area contributed by atoms with Crippen molar-refractivity contribution >= 4 is 11.6 Å². The van der Waals surface area contributed by atoms with Crippen LogP contribution in [0.3, 0.4) is 0 Å². The van der Waals surface area contributed by atoms with Crippen LogP contribution in [-0.4, -0.2) is 42.9 Å². The molecule has 1 N–H and O–H groups in total. The first kappa shape index (κ1) is 14.8. The molecule has 0 radical (unpaired) electrons. The quantitative estimate of drug-likeness (QED) is 0.780. The number of nitrogens with zero attached hydrogens (tertiary/aromatic N) is 4. The molecule has 1 aliphatic heterocycles. The molecule has 1 aromatic carbocycles. The highest BCUT2D eigenvalue weighted by Crippen LogP contribution is 2.33. The lowest BCUT2D eigenvalue weighted by Crippen LogP contribution is -2.32. The van der Waals surface area contributed by atoms with E-state index in [4.69, 9.17) is 0 Å². The first-order valence-electron chi connectivity index (χ1n) is 7.65. The van der Waals surface area contributed by atoms with Gasteiger partial charge >= 0.3 is 0 Å². The predicted octanol–water partition coefficient (Wildman–Crippen LogP) is 1.82. The average Bonchev–Trinajstić information content (AvgIpc) is 3.20. The Bertz CT molecular complexity index is 910. The van der Waals surface area contributed by atoms with E-state index in [1.807, 2.05) is 0 Å². The van der Waals surface area contributed by atoms with E-state index in [2.05, 4.69) is 9.97 Å². The number of aliphatic hydroxyl groups is 1. The Morgan fingerprint density at radius 1 is 1.25 bits per heavy atom. The highest BCUT2D eigenvalue weighted by atomic mass is 19.1. The number of amides is 1. The third-order valence-electron chi connectivity index (χ3n) is 4.29. The lowest BCUT2D eigenvalue weighted by molar-refractivity contribution is 0.0711. The van der Waals surface area contributed by atoms with Gasteiger partial charge in [-0.3, -0.25) is 4.79 Å². The van der Waals surface area contributed by atoms with Crippen molar-refractivity contribution in [1.29, 1.82) is 0 Å². The molecule has 7 heteroatoms. The number of aromatic nitrogens is 3. The fraction of sp³-hybridized carbons (Fsp3) is 0.235. The normalized spacial score (nSPS) is 20.7. The lowest BCUT2D eigenvalue weighted by atomic mass is 10.0. The van der Waals surface area contributed by atoms with Gasteiger partial charge in [-0.25, -0.2) is 14.4 Å². The Labute approximate surface area is 137 Å². The molecule has 1 fully saturated rings. The number of fused-ring (bicyclic) bond motifs is 1. The monoisotopic (exact) mass is 326 g/mol. The molecule has 0 bridgehead atoms. The van der Waals surface area contributed by atoms with E-state index in [9.17, 15) is 14.3 Å². The lowest BCUT2D eigenvalue weighted by Gasteiger charge is -2.24. The standard InChI is InChI=1S/C17H15FN4O2/c18-12-3-1-2-11(8-12)14-9-13(23)10-22(14)17(24)15-16-20-5-7-21(16)6-4-19-15/h1-8,13-14,23H,9-10H2. The molecular formula is C17H15FN4O2. The van der Waals surface area contributed by atoms with Crippen LogP contribution in [0.2, 0.25) is 0 Å². The predicted molar refractivity (Wildman–Crippen MR) is 83.8 cm³/mol. The number of β-amino-alcohol motifs (C(OH)–C–C–N with tert-alkyl or cyclic N) is 1. The summed E-state index contributed by atoms with van der Waals surface area (Å²) in [5.41, 5.74) is 1.34. The second-order valence-corrected chi connectivity index (χ2v) is 5.85. The molecule has 2 aromatic heterocycles. The van der Waals surface area contributed by atoms with Crippen LogP contribution in [-0.2, 0) is 0 Å². The van der Waals surface area contributed by atoms with Gasteiger partial charge in [-0.05, 0) is 24.1 Å². The molecule has 24 heavy (non-hydrogen) atoms. The summed E-state index contributed by atoms with van der Waals surface area (Å²) < 4.78 is 15.3. The zero-order chi connectivity index (χ0) is 16.7. The van der Waals surface area contributed by atoms with Gasteiger partial charge in [0.05, 0.1) is 12.1 Å². The molecule has 6 nitrogen and oxygen atoms in total. The van der Waals surface area contributed by atoms with Crippen molar-refractivity contribution in [3.8, 4) is 0 Å². The van der Waals surface area contributed by atoms with Gasteiger partial charge in [-0.15, -0.1) is 0 Å². The zero-order valence-electron chi connectivity index (χ0n) is 12.7. The SMILES string of the molecule is O=C(c1nccn2ccnc12)N1CC(O)CC1c1cccc(F)c1. The van der Waals surface area contributed by atoms with Crippen LogP contribution in [0.25, 0.3) is 5.65 Å². The molecule has 122 valence electrons. The van der Waals surface area contributed by atoms with Crippen LogP contribution in [0, 0.1) is 5.82 Å². The minimum atomic E-state index is -0.651. The van der Waals surface area contributed by atoms with E-state index in [1.165, 1.54) is 23.2 Å². The molecule has 3 aromatic rings. The highest BCUT2D eigenvalue weighted by Gasteiger charge is 2.37. The Hall–Kier alpha value is -2.80. The van der Waals surface area contributed by atoms with Crippen LogP contribution >= 0.6 is 0 Å². The number of carbonyl (C=O) groups is 1. The summed E-state index contributed by atoms with van der Waals surface area (Å²) in [6.07, 6.45) is 6.29. The summed E-state index contributed by atoms with van der Waals surface area (Å²) in [5, 5.41) is 10.0. The van der Waals surface area contributed by atoms with Crippen molar-refractivity contribution in [2.24, 2.45) is 0 Å². The molecule has 2 unspecified atom stereocenters. The van der Waals surface area contributed by atoms with E-state index in [0.29, 0.717) is 17.6 Å². The second kappa shape index (κ2) is 5.68. The number of aliphatic hydroxyl groups excluding tert-OH is 1. The molecule has 1 amide bonds. The van der Waals surface area contributed by atoms with Crippen LogP contribution in [0.5, 0.6) is 0 Å². The smallest absolute Gasteiger partial charge is 0.276 e. The molecule has 1 aliphatic rings. The summed E-state index contributed by atoms with van der Waals surface area (Å²) in [6, 6.07) is 5.72. The molecule has 4 rings (SSSR count). The molecule has 0 aliphatic carbocycles. The summed E-state index contributed by atoms with van der Waals surface area (Å²) in [4.78, 5) is 22.9. The van der Waals surface area contributed by atoms with Crippen LogP contribution < -0.4 is 0 Å². The van der Waals surface area contributed by atoms with Crippen LogP contribution in [0.4, 0.5) is 4.39 Å². The topological polar surface area (TPSA) is 70.7 Å². The van der Waals surface area contributed by atoms with Gasteiger partial charge in [0, 0.05) is 31.3 Å². The maximum Gasteiger partial charge on any atom is 0.276 e. The van der Waals surface area contributed by atoms with Gasteiger partial charge < -0.3 is 14.4 Å². The minimum Gasteiger partial charge on any atom is -0.391 e. The van der Waals surface area contributed by atoms with Gasteiger partial charge in [0.25, 0.3) is 5.91 Å². The van der Waals surface area contributed by atoms with Crippen molar-refractivity contribution < 1.29 is 14.3 Å². The number of rotatable bonds is 2. The number of hydrogen-bond donors (Lipinski definition) is 1. The number of imidazole rings is 1. The van der Waals surface area contributed by atoms with Gasteiger partial charge in [-0.2, -0.15) is 0 Å². The maximum absolute atomic E-state index is 13.5. The molecule has 0 spiro atoms. The van der Waals surface area contributed by atoms with Gasteiger partial charge in [0.2, 0.25) is 0 Å². The van der Waals surface area contributed by atoms with E-state index < -0.39 is 6.10 Å². The van der Waals surface area contributed by atoms with E-state index in [0.717, 1.165) is 0 Å². The van der Waals surface area contributed by atoms with Crippen molar-refractivity contribution in [3.05, 3.63) is 66.1 Å². The van der Waals surface area contributed by atoms with E-state index in [-0.39, 0.29) is 30.0 Å². The van der Waals surface area contributed by atoms with Gasteiger partial charge in [0.1, 0.15) is 5.82 Å². The van der Waals surface area contributed by atoms with Gasteiger partial charge in [0.15, 0.2) is 11.3 Å². The Morgan fingerprint density at radius 2 is 2.04 bits per heavy atom. The fourth-order valence-corrected chi connectivity index (χ4v) is 3.21. The number of benzene rings is 1. The third-order valence-corrected chi connectivity index (χ3v) is 4.29. The Morgan fingerprint density at radius 3 is 2.83 bits per heavy atom. The summed E-state index contributed by atoms with van der Waals surface area (Å²) in [6.45, 7) is 0.184. The highest BCUT2D eigenvalue weighted by molar-refractivity contribution is 5.98. The maximum atomic E-state index is 13.5. The summed E-state index contributed by atoms with van der Waals surface area (Å²) in [7, 11) is 0. The van der Waals surface area contributed by atoms with Crippen LogP contribution in [0.1, 0.15) is 28.5 Å². The van der Waals surface area contributed by atoms with Crippen molar-refractivity contribution in [2.45, 2.75) is 18.6 Å². The second-order valence-electron chi connectivity index (χ2n) is 5.85. The van der Waals surface area contributed by atoms with Crippen molar-refractivity contribution in [3.63, 3.8) is 0 Å². The van der Waals surface area contributed by atoms with Gasteiger partial charge in [-0.1, -0.05) is 12.1 Å². The number of hydrogen-bond acceptors (Lipinski definition) is 4. The average molecular weight is 326 g/mol. The third kappa shape index (κ3) is 2.43.